The van der Waals surface area contributed by atoms with Crippen molar-refractivity contribution in [2.45, 2.75) is 42.3 Å². The van der Waals surface area contributed by atoms with Gasteiger partial charge in [0.25, 0.3) is 11.8 Å². The Bertz CT molecular complexity index is 1850. The largest absolute Gasteiger partial charge is 0.504 e. The molecule has 2 aliphatic heterocycles. The molecule has 2 fully saturated rings. The number of thiazole rings is 1. The minimum Gasteiger partial charge on any atom is -0.504 e. The number of phenolic OH excluding ortho intramolecular Hbond substituents is 2. The number of tetrazole rings is 1. The number of anilines is 1. The summed E-state index contributed by atoms with van der Waals surface area (Å²) < 4.78 is 0. The first kappa shape index (κ1) is 33.2. The fourth-order valence-electron chi connectivity index (χ4n) is 4.20. The van der Waals surface area contributed by atoms with Crippen molar-refractivity contribution in [2.24, 2.45) is 5.16 Å². The number of aliphatic carboxylic acids is 2. The van der Waals surface area contributed by atoms with Crippen LogP contribution >= 0.6 is 34.7 Å². The predicted octanol–water partition coefficient (Wildman–Crippen LogP) is -0.872. The number of amides is 3. The van der Waals surface area contributed by atoms with Crippen LogP contribution in [0.1, 0.15) is 35.7 Å². The zero-order chi connectivity index (χ0) is 34.4. The van der Waals surface area contributed by atoms with Gasteiger partial charge in [-0.2, -0.15) is 0 Å². The third-order valence-electron chi connectivity index (χ3n) is 6.85. The number of hydrogen-bond donors (Lipinski definition) is 7. The summed E-state index contributed by atoms with van der Waals surface area (Å²) in [5.74, 6) is -6.50. The molecule has 4 heterocycles. The molecule has 248 valence electrons. The number of β-lactam (4-membered cyclic amide) rings is 1. The number of nitrogens with two attached hydrogens (primary N) is 1. The van der Waals surface area contributed by atoms with Gasteiger partial charge in [0.15, 0.2) is 28.2 Å². The van der Waals surface area contributed by atoms with Gasteiger partial charge in [-0.25, -0.2) is 14.6 Å². The number of carboxylic acid groups (broad SMARTS) is 2. The fraction of sp³-hybridized carbons (Fsp3) is 0.333. The van der Waals surface area contributed by atoms with E-state index >= 15 is 0 Å². The number of fused-ring (bicyclic) bond motifs is 1. The second kappa shape index (κ2) is 12.2. The van der Waals surface area contributed by atoms with Crippen molar-refractivity contribution in [3.8, 4) is 11.5 Å². The number of nitrogens with zero attached hydrogens (tertiary/aromatic N) is 7. The van der Waals surface area contributed by atoms with Crippen LogP contribution in [0.3, 0.4) is 0 Å². The lowest BCUT2D eigenvalue weighted by atomic mass is 10.1. The molecule has 0 aliphatic carbocycles. The van der Waals surface area contributed by atoms with E-state index in [-0.39, 0.29) is 28.8 Å². The number of carbonyl (C=O) groups excluding carboxylic acids is 3. The third kappa shape index (κ3) is 6.04. The first-order valence-corrected chi connectivity index (χ1v) is 15.2. The second-order valence-corrected chi connectivity index (χ2v) is 13.1. The Morgan fingerprint density at radius 1 is 1.26 bits per heavy atom. The van der Waals surface area contributed by atoms with Crippen LogP contribution in [0.4, 0.5) is 5.13 Å². The zero-order valence-electron chi connectivity index (χ0n) is 23.9. The van der Waals surface area contributed by atoms with Crippen molar-refractivity contribution < 1.29 is 49.2 Å². The summed E-state index contributed by atoms with van der Waals surface area (Å²) in [5, 5.41) is 59.2. The summed E-state index contributed by atoms with van der Waals surface area (Å²) in [6.07, 6.45) is 0. The molecule has 3 atom stereocenters. The van der Waals surface area contributed by atoms with E-state index in [9.17, 15) is 44.4 Å². The third-order valence-corrected chi connectivity index (χ3v) is 9.53. The van der Waals surface area contributed by atoms with Gasteiger partial charge >= 0.3 is 11.9 Å². The van der Waals surface area contributed by atoms with Gasteiger partial charge in [-0.3, -0.25) is 14.4 Å². The summed E-state index contributed by atoms with van der Waals surface area (Å²) in [6, 6.07) is 0.999. The van der Waals surface area contributed by atoms with E-state index in [0.29, 0.717) is 0 Å². The molecular weight excluding hydrogens is 688 g/mol. The molecule has 1 aromatic carbocycles. The van der Waals surface area contributed by atoms with Crippen LogP contribution in [0.5, 0.6) is 11.5 Å². The van der Waals surface area contributed by atoms with Crippen LogP contribution in [0, 0.1) is 0 Å². The van der Waals surface area contributed by atoms with Crippen molar-refractivity contribution in [3.05, 3.63) is 39.6 Å². The Morgan fingerprint density at radius 2 is 1.98 bits per heavy atom. The highest BCUT2D eigenvalue weighted by Crippen LogP contribution is 2.49. The number of rotatable bonds is 11. The number of phenols is 2. The molecule has 2 aromatic heterocycles. The molecule has 47 heavy (non-hydrogen) atoms. The zero-order valence-corrected chi connectivity index (χ0v) is 26.3. The Balaban J connectivity index is 1.30. The predicted molar refractivity (Wildman–Crippen MR) is 160 cm³/mol. The minimum absolute atomic E-state index is 0.0512. The van der Waals surface area contributed by atoms with E-state index < -0.39 is 80.3 Å². The SMILES string of the molecule is CC(C)(O/N=C(\C(=O)N[C@@H]1C(=O)N2C[C@@](C(=O)O)(n3nnc(CNC(=O)c4ccc(O)c(O)c4Cl)n3)S[C@H]12)c1csc(N)n1)C(=O)O. The molecule has 5 rings (SSSR count). The van der Waals surface area contributed by atoms with Gasteiger partial charge in [0, 0.05) is 5.38 Å². The maximum Gasteiger partial charge on any atom is 0.350 e. The van der Waals surface area contributed by atoms with Gasteiger partial charge in [-0.15, -0.1) is 26.3 Å². The Hall–Kier alpha value is -5.22. The maximum absolute atomic E-state index is 13.3. The highest BCUT2D eigenvalue weighted by Gasteiger charge is 2.64. The number of oxime groups is 1. The molecule has 23 heteroatoms. The Labute approximate surface area is 275 Å². The van der Waals surface area contributed by atoms with E-state index in [4.69, 9.17) is 22.2 Å². The highest BCUT2D eigenvalue weighted by molar-refractivity contribution is 8.01. The average molecular weight is 711 g/mol. The van der Waals surface area contributed by atoms with E-state index in [1.807, 2.05) is 0 Å². The van der Waals surface area contributed by atoms with Gasteiger partial charge in [-0.05, 0) is 31.2 Å². The van der Waals surface area contributed by atoms with E-state index in [2.05, 4.69) is 36.2 Å². The topological polar surface area (TPSA) is 298 Å². The molecule has 0 spiro atoms. The fourth-order valence-corrected chi connectivity index (χ4v) is 6.50. The lowest BCUT2D eigenvalue weighted by Gasteiger charge is -2.41. The molecule has 3 aromatic rings. The van der Waals surface area contributed by atoms with Crippen LogP contribution in [0.25, 0.3) is 0 Å². The Morgan fingerprint density at radius 3 is 2.62 bits per heavy atom. The van der Waals surface area contributed by atoms with Crippen molar-refractivity contribution in [1.82, 2.24) is 40.7 Å². The average Bonchev–Trinajstić information content (AvgIpc) is 3.75. The number of halogens is 1. The lowest BCUT2D eigenvalue weighted by Crippen LogP contribution is -2.68. The monoisotopic (exact) mass is 710 g/mol. The number of nitrogens with one attached hydrogen (secondary N) is 2. The van der Waals surface area contributed by atoms with Crippen molar-refractivity contribution in [1.29, 1.82) is 0 Å². The summed E-state index contributed by atoms with van der Waals surface area (Å²) in [7, 11) is 0. The number of thioether (sulfide) groups is 1. The summed E-state index contributed by atoms with van der Waals surface area (Å²) in [5.41, 5.74) is 3.16. The van der Waals surface area contributed by atoms with Crippen molar-refractivity contribution in [3.63, 3.8) is 0 Å². The molecule has 0 unspecified atom stereocenters. The number of carbonyl (C=O) groups is 5. The van der Waals surface area contributed by atoms with E-state index in [1.165, 1.54) is 30.2 Å². The standard InChI is InChI=1S/C24H23ClN10O10S2/c1-23(2,20(41)42)45-32-13(9-6-46-22(26)28-9)17(39)29-14-18(40)34-7-24(21(43)44,47-19(14)34)35-31-11(30-33-35)5-27-16(38)8-3-4-10(36)15(37)12(8)25/h3-4,6,14,19,36-37H,5,7H2,1-2H3,(H2,26,28)(H,27,38)(H,29,39)(H,41,42)(H,43,44)/b32-13-/t14-,19-,24-/m1/s1. The van der Waals surface area contributed by atoms with Gasteiger partial charge < -0.3 is 46.5 Å². The lowest BCUT2D eigenvalue weighted by molar-refractivity contribution is -0.161. The van der Waals surface area contributed by atoms with Crippen LogP contribution in [-0.4, -0.2) is 109 Å². The number of aromatic hydroxyl groups is 2. The van der Waals surface area contributed by atoms with Gasteiger partial charge in [-0.1, -0.05) is 28.5 Å². The van der Waals surface area contributed by atoms with Gasteiger partial charge in [0.1, 0.15) is 17.1 Å². The van der Waals surface area contributed by atoms with Crippen LogP contribution < -0.4 is 16.4 Å². The van der Waals surface area contributed by atoms with Gasteiger partial charge in [0.05, 0.1) is 23.7 Å². The van der Waals surface area contributed by atoms with Gasteiger partial charge in [0.2, 0.25) is 16.4 Å². The number of carboxylic acids is 2. The first-order chi connectivity index (χ1) is 22.1. The minimum atomic E-state index is -1.98. The first-order valence-electron chi connectivity index (χ1n) is 13.1. The molecule has 2 aliphatic rings. The van der Waals surface area contributed by atoms with E-state index in [0.717, 1.165) is 34.0 Å². The quantitative estimate of drug-likeness (QED) is 0.0550. The highest BCUT2D eigenvalue weighted by atomic mass is 35.5. The normalized spacial score (nSPS) is 20.7. The summed E-state index contributed by atoms with van der Waals surface area (Å²) >= 11 is 7.63. The molecule has 20 nitrogen and oxygen atoms in total. The van der Waals surface area contributed by atoms with Crippen molar-refractivity contribution >= 4 is 75.2 Å². The Kier molecular flexibility index (Phi) is 8.59. The maximum atomic E-state index is 13.3. The summed E-state index contributed by atoms with van der Waals surface area (Å²) in [4.78, 5) is 71.9. The molecule has 0 radical (unpaired) electrons. The number of aromatic nitrogens is 5. The number of benzene rings is 1. The molecular formula is C24H23ClN10O10S2. The van der Waals surface area contributed by atoms with Crippen LogP contribution in [0.2, 0.25) is 5.02 Å². The molecule has 3 amide bonds. The molecule has 8 N–H and O–H groups in total. The number of nitrogen functional groups attached to an aromatic ring is 1. The molecule has 2 saturated heterocycles. The molecule has 0 saturated carbocycles. The van der Waals surface area contributed by atoms with Crippen LogP contribution in [0.15, 0.2) is 22.7 Å². The number of hydrogen-bond acceptors (Lipinski definition) is 16. The second-order valence-electron chi connectivity index (χ2n) is 10.4. The summed E-state index contributed by atoms with van der Waals surface area (Å²) in [6.45, 7) is 1.65. The smallest absolute Gasteiger partial charge is 0.350 e. The van der Waals surface area contributed by atoms with E-state index in [1.54, 1.807) is 0 Å². The molecule has 0 bridgehead atoms. The van der Waals surface area contributed by atoms with Crippen molar-refractivity contribution in [2.75, 3.05) is 12.3 Å². The van der Waals surface area contributed by atoms with Crippen LogP contribution in [-0.2, 0) is 35.4 Å².